The highest BCUT2D eigenvalue weighted by atomic mass is 16.0. The Bertz CT molecular complexity index is 15.6. The molecule has 0 atom stereocenters. The first-order chi connectivity index (χ1) is 2.41. The van der Waals surface area contributed by atoms with Gasteiger partial charge in [0.2, 0.25) is 0 Å². The lowest BCUT2D eigenvalue weighted by molar-refractivity contribution is 0.772. The van der Waals surface area contributed by atoms with E-state index in [1.807, 2.05) is 0 Å². The average molecular weight is 107 g/mol. The van der Waals surface area contributed by atoms with Crippen molar-refractivity contribution in [3.63, 3.8) is 0 Å². The Morgan fingerprint density at radius 2 is 1.29 bits per heavy atom. The number of unbranched alkanes of at least 4 members (excludes halogenated alkanes) is 2. The van der Waals surface area contributed by atoms with Crippen molar-refractivity contribution in [2.75, 3.05) is 0 Å². The third kappa shape index (κ3) is 24.7. The van der Waals surface area contributed by atoms with Crippen LogP contribution in [0.3, 0.4) is 0 Å². The molecule has 0 fully saturated rings. The topological polar surface area (TPSA) is 66.5 Å². The minimum atomic E-state index is 0. The summed E-state index contributed by atoms with van der Waals surface area (Å²) < 4.78 is 0. The molecule has 48 valence electrons. The Labute approximate surface area is 45.8 Å². The average Bonchev–Trinajstić information content (AvgIpc) is 1.41. The summed E-state index contributed by atoms with van der Waals surface area (Å²) in [6, 6.07) is 0. The molecular weight excluding hydrogens is 90.1 g/mol. The first-order valence-corrected chi connectivity index (χ1v) is 2.41. The second-order valence-electron chi connectivity index (χ2n) is 1.35. The summed E-state index contributed by atoms with van der Waals surface area (Å²) in [6.45, 7) is 4.42. The fourth-order valence-electron chi connectivity index (χ4n) is 0.354. The van der Waals surface area contributed by atoms with Crippen LogP contribution in [0.5, 0.6) is 0 Å². The number of hydrogen-bond donors (Lipinski definition) is 1. The molecule has 0 aliphatic rings. The van der Waals surface area contributed by atoms with Crippen LogP contribution in [0.25, 0.3) is 0 Å². The lowest BCUT2D eigenvalue weighted by Gasteiger charge is -1.79. The van der Waals surface area contributed by atoms with Gasteiger partial charge in [-0.1, -0.05) is 33.1 Å². The van der Waals surface area contributed by atoms with Gasteiger partial charge in [0, 0.05) is 0 Å². The molecule has 0 saturated heterocycles. The Kier molecular flexibility index (Phi) is 37.9. The Morgan fingerprint density at radius 1 is 1.00 bits per heavy atom. The Balaban J connectivity index is -0.0000000800. The van der Waals surface area contributed by atoms with Crippen molar-refractivity contribution in [1.29, 1.82) is 0 Å². The molecule has 2 heteroatoms. The maximum Gasteiger partial charge on any atom is -0.0538 e. The molecule has 0 radical (unpaired) electrons. The summed E-state index contributed by atoms with van der Waals surface area (Å²) in [7, 11) is 0. The van der Waals surface area contributed by atoms with E-state index in [9.17, 15) is 0 Å². The molecule has 0 bridgehead atoms. The van der Waals surface area contributed by atoms with Crippen LogP contribution in [0.4, 0.5) is 0 Å². The van der Waals surface area contributed by atoms with Crippen LogP contribution in [0.1, 0.15) is 33.1 Å². The van der Waals surface area contributed by atoms with Crippen molar-refractivity contribution in [1.82, 2.24) is 6.15 Å². The lowest BCUT2D eigenvalue weighted by atomic mass is 10.3. The van der Waals surface area contributed by atoms with E-state index >= 15 is 0 Å². The van der Waals surface area contributed by atoms with E-state index in [0.29, 0.717) is 0 Å². The van der Waals surface area contributed by atoms with Gasteiger partial charge >= 0.3 is 0 Å². The fraction of sp³-hybridized carbons (Fsp3) is 1.00. The van der Waals surface area contributed by atoms with E-state index in [1.54, 1.807) is 0 Å². The van der Waals surface area contributed by atoms with E-state index in [1.165, 1.54) is 19.3 Å². The molecule has 0 aliphatic carbocycles. The van der Waals surface area contributed by atoms with Gasteiger partial charge in [-0.25, -0.2) is 0 Å². The maximum absolute atomic E-state index is 2.21. The highest BCUT2D eigenvalue weighted by Gasteiger charge is 1.68. The van der Waals surface area contributed by atoms with E-state index < -0.39 is 0 Å². The van der Waals surface area contributed by atoms with Crippen LogP contribution in [0.2, 0.25) is 0 Å². The van der Waals surface area contributed by atoms with Gasteiger partial charge in [0.15, 0.2) is 0 Å². The molecule has 7 heavy (non-hydrogen) atoms. The van der Waals surface area contributed by atoms with E-state index in [0.717, 1.165) is 0 Å². The first-order valence-electron chi connectivity index (χ1n) is 2.41. The van der Waals surface area contributed by atoms with Crippen LogP contribution in [-0.2, 0) is 0 Å². The van der Waals surface area contributed by atoms with Crippen molar-refractivity contribution in [3.05, 3.63) is 0 Å². The molecule has 0 unspecified atom stereocenters. The predicted octanol–water partition coefficient (Wildman–Crippen LogP) is 1.53. The molecule has 0 spiro atoms. The van der Waals surface area contributed by atoms with Crippen LogP contribution in [0, 0.1) is 0 Å². The van der Waals surface area contributed by atoms with Gasteiger partial charge in [0.1, 0.15) is 0 Å². The second kappa shape index (κ2) is 16.8. The predicted molar refractivity (Wildman–Crippen MR) is 33.8 cm³/mol. The first kappa shape index (κ1) is 15.8. The Hall–Kier alpha value is -0.0800. The monoisotopic (exact) mass is 107 g/mol. The van der Waals surface area contributed by atoms with Crippen molar-refractivity contribution in [2.45, 2.75) is 33.1 Å². The maximum atomic E-state index is 2.21. The van der Waals surface area contributed by atoms with Crippen LogP contribution >= 0.6 is 0 Å². The van der Waals surface area contributed by atoms with Crippen molar-refractivity contribution in [2.24, 2.45) is 0 Å². The summed E-state index contributed by atoms with van der Waals surface area (Å²) in [6.07, 6.45) is 4.08. The number of rotatable bonds is 2. The lowest BCUT2D eigenvalue weighted by Crippen LogP contribution is -1.59. The van der Waals surface area contributed by atoms with Gasteiger partial charge in [0.05, 0.1) is 0 Å². The van der Waals surface area contributed by atoms with Gasteiger partial charge in [-0.15, -0.1) is 0 Å². The van der Waals surface area contributed by atoms with E-state index in [2.05, 4.69) is 13.8 Å². The molecule has 0 saturated carbocycles. The van der Waals surface area contributed by atoms with Crippen molar-refractivity contribution < 1.29 is 5.48 Å². The summed E-state index contributed by atoms with van der Waals surface area (Å²) in [5.74, 6) is 0. The minimum absolute atomic E-state index is 0. The fourth-order valence-corrected chi connectivity index (χ4v) is 0.354. The standard InChI is InChI=1S/C5H12.H3N.H2O/c1-3-5-4-2;;/h3-5H2,1-2H3;1H3;1H2. The minimum Gasteiger partial charge on any atom is -0.412 e. The smallest absolute Gasteiger partial charge is 0.0538 e. The highest BCUT2D eigenvalue weighted by Crippen LogP contribution is 1.88. The molecule has 2 nitrogen and oxygen atoms in total. The molecule has 0 aromatic rings. The van der Waals surface area contributed by atoms with Crippen LogP contribution < -0.4 is 6.15 Å². The van der Waals surface area contributed by atoms with Gasteiger partial charge in [-0.2, -0.15) is 0 Å². The summed E-state index contributed by atoms with van der Waals surface area (Å²) in [5, 5.41) is 0. The molecule has 0 aliphatic heterocycles. The van der Waals surface area contributed by atoms with Gasteiger partial charge in [-0.3, -0.25) is 0 Å². The molecule has 0 heterocycles. The zero-order valence-electron chi connectivity index (χ0n) is 5.33. The molecule has 5 N–H and O–H groups in total. The molecule has 0 amide bonds. The zero-order chi connectivity index (χ0) is 4.12. The zero-order valence-corrected chi connectivity index (χ0v) is 5.33. The molecular formula is C5H17NO. The molecule has 0 rings (SSSR count). The Morgan fingerprint density at radius 3 is 1.29 bits per heavy atom. The molecule has 0 aromatic carbocycles. The third-order valence-electron chi connectivity index (χ3n) is 0.707. The normalized spacial score (nSPS) is 6.00. The summed E-state index contributed by atoms with van der Waals surface area (Å²) in [4.78, 5) is 0. The largest absolute Gasteiger partial charge is 0.412 e. The highest BCUT2D eigenvalue weighted by molar-refractivity contribution is 4.24. The van der Waals surface area contributed by atoms with Gasteiger partial charge in [0.25, 0.3) is 0 Å². The van der Waals surface area contributed by atoms with Crippen LogP contribution in [-0.4, -0.2) is 5.48 Å². The van der Waals surface area contributed by atoms with E-state index in [-0.39, 0.29) is 11.6 Å². The van der Waals surface area contributed by atoms with Crippen molar-refractivity contribution in [3.8, 4) is 0 Å². The summed E-state index contributed by atoms with van der Waals surface area (Å²) in [5.41, 5.74) is 0. The summed E-state index contributed by atoms with van der Waals surface area (Å²) >= 11 is 0. The second-order valence-corrected chi connectivity index (χ2v) is 1.35. The van der Waals surface area contributed by atoms with Gasteiger partial charge in [-0.05, 0) is 0 Å². The van der Waals surface area contributed by atoms with Gasteiger partial charge < -0.3 is 11.6 Å². The van der Waals surface area contributed by atoms with E-state index in [4.69, 9.17) is 0 Å². The quantitative estimate of drug-likeness (QED) is 0.571. The number of hydrogen-bond acceptors (Lipinski definition) is 1. The van der Waals surface area contributed by atoms with Crippen LogP contribution in [0.15, 0.2) is 0 Å². The van der Waals surface area contributed by atoms with Crippen molar-refractivity contribution >= 4 is 0 Å². The third-order valence-corrected chi connectivity index (χ3v) is 0.707. The molecule has 0 aromatic heterocycles. The SMILES string of the molecule is CCCCC.N.O.